The summed E-state index contributed by atoms with van der Waals surface area (Å²) >= 11 is 9.39. The monoisotopic (exact) mass is 328 g/mol. The van der Waals surface area contributed by atoms with E-state index in [0.29, 0.717) is 10.9 Å². The number of nitrogens with one attached hydrogen (secondary N) is 1. The highest BCUT2D eigenvalue weighted by Crippen LogP contribution is 2.31. The van der Waals surface area contributed by atoms with Gasteiger partial charge in [-0.3, -0.25) is 0 Å². The number of hydrogen-bond donors (Lipinski definition) is 1. The molecule has 1 atom stereocenters. The molecule has 1 N–H and O–H groups in total. The van der Waals surface area contributed by atoms with Gasteiger partial charge in [-0.1, -0.05) is 18.5 Å². The number of oxazole rings is 1. The molecule has 0 saturated carbocycles. The summed E-state index contributed by atoms with van der Waals surface area (Å²) in [5, 5.41) is 3.95. The summed E-state index contributed by atoms with van der Waals surface area (Å²) in [4.78, 5) is 4.29. The highest BCUT2D eigenvalue weighted by molar-refractivity contribution is 9.10. The summed E-state index contributed by atoms with van der Waals surface area (Å²) in [6, 6.07) is 5.69. The fraction of sp³-hybridized carbons (Fsp3) is 0.308. The fourth-order valence-corrected chi connectivity index (χ4v) is 2.57. The average molecular weight is 330 g/mol. The smallest absolute Gasteiger partial charge is 0.211 e. The van der Waals surface area contributed by atoms with Crippen molar-refractivity contribution in [1.29, 1.82) is 0 Å². The minimum Gasteiger partial charge on any atom is -0.439 e. The van der Waals surface area contributed by atoms with E-state index in [2.05, 4.69) is 33.2 Å². The predicted octanol–water partition coefficient (Wildman–Crippen LogP) is 4.43. The predicted molar refractivity (Wildman–Crippen MR) is 76.7 cm³/mol. The van der Waals surface area contributed by atoms with Crippen molar-refractivity contribution in [3.63, 3.8) is 0 Å². The molecule has 1 heterocycles. The third-order valence-electron chi connectivity index (χ3n) is 2.60. The molecule has 0 fully saturated rings. The van der Waals surface area contributed by atoms with Crippen molar-refractivity contribution < 1.29 is 4.42 Å². The van der Waals surface area contributed by atoms with Gasteiger partial charge in [0.1, 0.15) is 0 Å². The number of hydrogen-bond acceptors (Lipinski definition) is 3. The van der Waals surface area contributed by atoms with E-state index in [4.69, 9.17) is 16.0 Å². The summed E-state index contributed by atoms with van der Waals surface area (Å²) in [6.45, 7) is 4.95. The standard InChI is InChI=1S/C13H14BrClN2O/c1-3-16-8(2)13-17-7-12(18-13)10-5-4-9(15)6-11(10)14/h4-8,16H,3H2,1-2H3. The van der Waals surface area contributed by atoms with Crippen molar-refractivity contribution in [2.45, 2.75) is 19.9 Å². The first kappa shape index (κ1) is 13.6. The van der Waals surface area contributed by atoms with Gasteiger partial charge in [0.15, 0.2) is 5.76 Å². The molecule has 0 aliphatic rings. The molecular weight excluding hydrogens is 316 g/mol. The molecule has 96 valence electrons. The first-order chi connectivity index (χ1) is 8.61. The Kier molecular flexibility index (Phi) is 4.43. The van der Waals surface area contributed by atoms with Crippen molar-refractivity contribution in [3.8, 4) is 11.3 Å². The van der Waals surface area contributed by atoms with Gasteiger partial charge in [0.25, 0.3) is 0 Å². The van der Waals surface area contributed by atoms with Crippen LogP contribution in [0.25, 0.3) is 11.3 Å². The number of aromatic nitrogens is 1. The molecule has 1 aromatic carbocycles. The molecule has 2 aromatic rings. The number of halogens is 2. The second-order valence-electron chi connectivity index (χ2n) is 3.97. The summed E-state index contributed by atoms with van der Waals surface area (Å²) in [6.07, 6.45) is 1.73. The van der Waals surface area contributed by atoms with Crippen LogP contribution in [0.3, 0.4) is 0 Å². The van der Waals surface area contributed by atoms with Crippen LogP contribution in [0, 0.1) is 0 Å². The molecule has 0 aliphatic heterocycles. The molecule has 0 amide bonds. The van der Waals surface area contributed by atoms with Crippen LogP contribution >= 0.6 is 27.5 Å². The third-order valence-corrected chi connectivity index (χ3v) is 3.49. The molecular formula is C13H14BrClN2O. The van der Waals surface area contributed by atoms with Crippen LogP contribution in [-0.4, -0.2) is 11.5 Å². The number of benzene rings is 1. The Labute approximate surface area is 120 Å². The van der Waals surface area contributed by atoms with Gasteiger partial charge >= 0.3 is 0 Å². The molecule has 0 bridgehead atoms. The zero-order chi connectivity index (χ0) is 13.1. The second kappa shape index (κ2) is 5.87. The normalized spacial score (nSPS) is 12.7. The van der Waals surface area contributed by atoms with Gasteiger partial charge in [-0.2, -0.15) is 0 Å². The Morgan fingerprint density at radius 1 is 1.50 bits per heavy atom. The van der Waals surface area contributed by atoms with Crippen molar-refractivity contribution in [2.24, 2.45) is 0 Å². The lowest BCUT2D eigenvalue weighted by atomic mass is 10.2. The van der Waals surface area contributed by atoms with E-state index in [-0.39, 0.29) is 6.04 Å². The molecule has 3 nitrogen and oxygen atoms in total. The largest absolute Gasteiger partial charge is 0.439 e. The van der Waals surface area contributed by atoms with Crippen LogP contribution < -0.4 is 5.32 Å². The van der Waals surface area contributed by atoms with E-state index in [9.17, 15) is 0 Å². The third kappa shape index (κ3) is 2.94. The van der Waals surface area contributed by atoms with Gasteiger partial charge in [-0.25, -0.2) is 4.98 Å². The first-order valence-corrected chi connectivity index (χ1v) is 6.93. The summed E-state index contributed by atoms with van der Waals surface area (Å²) < 4.78 is 6.66. The van der Waals surface area contributed by atoms with Crippen LogP contribution in [0.2, 0.25) is 5.02 Å². The Balaban J connectivity index is 2.29. The average Bonchev–Trinajstić information content (AvgIpc) is 2.78. The van der Waals surface area contributed by atoms with Gasteiger partial charge in [0.2, 0.25) is 5.89 Å². The fourth-order valence-electron chi connectivity index (χ4n) is 1.70. The van der Waals surface area contributed by atoms with Crippen LogP contribution in [0.15, 0.2) is 33.3 Å². The maximum absolute atomic E-state index is 5.92. The van der Waals surface area contributed by atoms with E-state index in [1.54, 1.807) is 6.20 Å². The van der Waals surface area contributed by atoms with Crippen LogP contribution in [0.1, 0.15) is 25.8 Å². The molecule has 0 saturated heterocycles. The zero-order valence-corrected chi connectivity index (χ0v) is 12.5. The topological polar surface area (TPSA) is 38.1 Å². The first-order valence-electron chi connectivity index (χ1n) is 5.76. The number of nitrogens with zero attached hydrogens (tertiary/aromatic N) is 1. The summed E-state index contributed by atoms with van der Waals surface area (Å²) in [5.41, 5.74) is 0.946. The lowest BCUT2D eigenvalue weighted by molar-refractivity contribution is 0.429. The Morgan fingerprint density at radius 3 is 2.94 bits per heavy atom. The quantitative estimate of drug-likeness (QED) is 0.902. The van der Waals surface area contributed by atoms with Crippen LogP contribution in [0.4, 0.5) is 0 Å². The van der Waals surface area contributed by atoms with Crippen LogP contribution in [0.5, 0.6) is 0 Å². The lowest BCUT2D eigenvalue weighted by Gasteiger charge is -2.07. The van der Waals surface area contributed by atoms with Crippen LogP contribution in [-0.2, 0) is 0 Å². The SMILES string of the molecule is CCNC(C)c1ncc(-c2ccc(Cl)cc2Br)o1. The van der Waals surface area contributed by atoms with E-state index in [1.165, 1.54) is 0 Å². The van der Waals surface area contributed by atoms with Gasteiger partial charge in [0.05, 0.1) is 12.2 Å². The van der Waals surface area contributed by atoms with Crippen molar-refractivity contribution in [3.05, 3.63) is 39.8 Å². The van der Waals surface area contributed by atoms with Gasteiger partial charge in [0, 0.05) is 15.1 Å². The molecule has 5 heteroatoms. The van der Waals surface area contributed by atoms with Gasteiger partial charge in [-0.05, 0) is 47.6 Å². The molecule has 0 aliphatic carbocycles. The van der Waals surface area contributed by atoms with E-state index in [1.807, 2.05) is 25.1 Å². The van der Waals surface area contributed by atoms with E-state index >= 15 is 0 Å². The Bertz CT molecular complexity index is 542. The van der Waals surface area contributed by atoms with Gasteiger partial charge in [-0.15, -0.1) is 0 Å². The van der Waals surface area contributed by atoms with E-state index in [0.717, 1.165) is 22.3 Å². The highest BCUT2D eigenvalue weighted by atomic mass is 79.9. The molecule has 2 rings (SSSR count). The Morgan fingerprint density at radius 2 is 2.28 bits per heavy atom. The zero-order valence-electron chi connectivity index (χ0n) is 10.2. The summed E-state index contributed by atoms with van der Waals surface area (Å²) in [7, 11) is 0. The highest BCUT2D eigenvalue weighted by Gasteiger charge is 2.13. The summed E-state index contributed by atoms with van der Waals surface area (Å²) in [5.74, 6) is 1.42. The minimum atomic E-state index is 0.106. The van der Waals surface area contributed by atoms with Crippen molar-refractivity contribution in [2.75, 3.05) is 6.54 Å². The molecule has 1 unspecified atom stereocenters. The van der Waals surface area contributed by atoms with Crippen molar-refractivity contribution >= 4 is 27.5 Å². The van der Waals surface area contributed by atoms with Crippen molar-refractivity contribution in [1.82, 2.24) is 10.3 Å². The second-order valence-corrected chi connectivity index (χ2v) is 5.26. The lowest BCUT2D eigenvalue weighted by Crippen LogP contribution is -2.17. The maximum atomic E-state index is 5.92. The van der Waals surface area contributed by atoms with E-state index < -0.39 is 0 Å². The molecule has 0 spiro atoms. The Hall–Kier alpha value is -0.840. The minimum absolute atomic E-state index is 0.106. The molecule has 1 aromatic heterocycles. The maximum Gasteiger partial charge on any atom is 0.211 e. The molecule has 0 radical (unpaired) electrons. The van der Waals surface area contributed by atoms with Gasteiger partial charge < -0.3 is 9.73 Å². The molecule has 18 heavy (non-hydrogen) atoms. The number of rotatable bonds is 4.